The van der Waals surface area contributed by atoms with Crippen LogP contribution in [0.1, 0.15) is 37.1 Å². The SMILES string of the molecule is CCc1nccc(-c2c(-c3ccccc3)ncn2[C@@H](C)Cc2cc(C)[nH]n2)n1. The highest BCUT2D eigenvalue weighted by molar-refractivity contribution is 5.76. The van der Waals surface area contributed by atoms with Crippen molar-refractivity contribution in [2.75, 3.05) is 0 Å². The molecule has 4 aromatic rings. The van der Waals surface area contributed by atoms with E-state index in [0.29, 0.717) is 0 Å². The number of imidazole rings is 1. The largest absolute Gasteiger partial charge is 0.326 e. The number of hydrogen-bond donors (Lipinski definition) is 1. The van der Waals surface area contributed by atoms with Crippen molar-refractivity contribution in [1.29, 1.82) is 0 Å². The number of hydrogen-bond acceptors (Lipinski definition) is 4. The van der Waals surface area contributed by atoms with E-state index >= 15 is 0 Å². The van der Waals surface area contributed by atoms with Gasteiger partial charge in [0.25, 0.3) is 0 Å². The quantitative estimate of drug-likeness (QED) is 0.544. The van der Waals surface area contributed by atoms with Crippen molar-refractivity contribution in [2.45, 2.75) is 39.7 Å². The molecule has 0 aliphatic carbocycles. The zero-order chi connectivity index (χ0) is 19.5. The molecule has 0 fully saturated rings. The van der Waals surface area contributed by atoms with Gasteiger partial charge in [-0.25, -0.2) is 15.0 Å². The number of nitrogens with one attached hydrogen (secondary N) is 1. The van der Waals surface area contributed by atoms with Gasteiger partial charge in [-0.05, 0) is 26.0 Å². The third-order valence-electron chi connectivity index (χ3n) is 4.84. The number of rotatable bonds is 6. The average Bonchev–Trinajstić information content (AvgIpc) is 3.35. The molecule has 1 aromatic carbocycles. The fraction of sp³-hybridized carbons (Fsp3) is 0.273. The van der Waals surface area contributed by atoms with Gasteiger partial charge in [0.15, 0.2) is 0 Å². The first-order valence-electron chi connectivity index (χ1n) is 9.61. The van der Waals surface area contributed by atoms with Crippen LogP contribution in [0.5, 0.6) is 0 Å². The number of nitrogens with zero attached hydrogens (tertiary/aromatic N) is 5. The highest BCUT2D eigenvalue weighted by atomic mass is 15.1. The standard InChI is InChI=1S/C22H24N6/c1-4-20-23-11-10-19(25-20)22-21(17-8-6-5-7-9-17)24-14-28(22)16(3)13-18-12-15(2)26-27-18/h5-12,14,16H,4,13H2,1-3H3,(H,26,27)/t16-/m0/s1. The van der Waals surface area contributed by atoms with Crippen LogP contribution < -0.4 is 0 Å². The van der Waals surface area contributed by atoms with E-state index < -0.39 is 0 Å². The molecule has 0 aliphatic rings. The minimum absolute atomic E-state index is 0.183. The van der Waals surface area contributed by atoms with Gasteiger partial charge in [0.2, 0.25) is 0 Å². The van der Waals surface area contributed by atoms with E-state index in [2.05, 4.69) is 51.8 Å². The lowest BCUT2D eigenvalue weighted by atomic mass is 10.1. The molecule has 0 saturated heterocycles. The monoisotopic (exact) mass is 372 g/mol. The second kappa shape index (κ2) is 7.76. The highest BCUT2D eigenvalue weighted by Gasteiger charge is 2.20. The Hall–Kier alpha value is -3.28. The topological polar surface area (TPSA) is 72.3 Å². The first kappa shape index (κ1) is 18.1. The summed E-state index contributed by atoms with van der Waals surface area (Å²) in [7, 11) is 0. The molecule has 3 heterocycles. The Kier molecular flexibility index (Phi) is 5.02. The lowest BCUT2D eigenvalue weighted by Gasteiger charge is -2.17. The average molecular weight is 372 g/mol. The summed E-state index contributed by atoms with van der Waals surface area (Å²) in [6.07, 6.45) is 5.35. The summed E-state index contributed by atoms with van der Waals surface area (Å²) >= 11 is 0. The molecule has 0 unspecified atom stereocenters. The molecule has 0 saturated carbocycles. The van der Waals surface area contributed by atoms with Crippen LogP contribution in [0, 0.1) is 6.92 Å². The predicted molar refractivity (Wildman–Crippen MR) is 110 cm³/mol. The minimum Gasteiger partial charge on any atom is -0.326 e. The molecule has 1 N–H and O–H groups in total. The maximum absolute atomic E-state index is 4.78. The Bertz CT molecular complexity index is 1060. The molecule has 1 atom stereocenters. The van der Waals surface area contributed by atoms with E-state index in [1.54, 1.807) is 0 Å². The number of aryl methyl sites for hydroxylation is 2. The fourth-order valence-corrected chi connectivity index (χ4v) is 3.44. The lowest BCUT2D eigenvalue weighted by molar-refractivity contribution is 0.541. The number of aromatic amines is 1. The van der Waals surface area contributed by atoms with E-state index in [4.69, 9.17) is 9.97 Å². The Morgan fingerprint density at radius 2 is 1.93 bits per heavy atom. The molecule has 0 bridgehead atoms. The zero-order valence-corrected chi connectivity index (χ0v) is 16.4. The highest BCUT2D eigenvalue weighted by Crippen LogP contribution is 2.32. The second-order valence-corrected chi connectivity index (χ2v) is 7.02. The lowest BCUT2D eigenvalue weighted by Crippen LogP contribution is -2.10. The Balaban J connectivity index is 1.81. The maximum atomic E-state index is 4.78. The minimum atomic E-state index is 0.183. The Morgan fingerprint density at radius 1 is 1.11 bits per heavy atom. The van der Waals surface area contributed by atoms with Crippen LogP contribution in [0.15, 0.2) is 55.0 Å². The van der Waals surface area contributed by atoms with Gasteiger partial charge in [-0.3, -0.25) is 5.10 Å². The van der Waals surface area contributed by atoms with Gasteiger partial charge >= 0.3 is 0 Å². The zero-order valence-electron chi connectivity index (χ0n) is 16.4. The molecule has 6 heteroatoms. The molecule has 0 radical (unpaired) electrons. The van der Waals surface area contributed by atoms with Crippen molar-refractivity contribution in [3.63, 3.8) is 0 Å². The summed E-state index contributed by atoms with van der Waals surface area (Å²) < 4.78 is 2.20. The van der Waals surface area contributed by atoms with E-state index in [1.165, 1.54) is 0 Å². The summed E-state index contributed by atoms with van der Waals surface area (Å²) in [5.74, 6) is 0.833. The molecule has 142 valence electrons. The van der Waals surface area contributed by atoms with Crippen molar-refractivity contribution in [3.8, 4) is 22.6 Å². The molecule has 6 nitrogen and oxygen atoms in total. The van der Waals surface area contributed by atoms with Gasteiger partial charge in [-0.2, -0.15) is 5.10 Å². The number of H-pyrrole nitrogens is 1. The van der Waals surface area contributed by atoms with Crippen LogP contribution in [0.4, 0.5) is 0 Å². The van der Waals surface area contributed by atoms with Crippen LogP contribution in [0.3, 0.4) is 0 Å². The number of aromatic nitrogens is 6. The summed E-state index contributed by atoms with van der Waals surface area (Å²) in [4.78, 5) is 13.9. The molecule has 28 heavy (non-hydrogen) atoms. The fourth-order valence-electron chi connectivity index (χ4n) is 3.44. The summed E-state index contributed by atoms with van der Waals surface area (Å²) in [6, 6.07) is 14.5. The number of benzene rings is 1. The van der Waals surface area contributed by atoms with Gasteiger partial charge in [0.1, 0.15) is 5.82 Å². The van der Waals surface area contributed by atoms with Gasteiger partial charge in [0.05, 0.1) is 29.1 Å². The molecule has 4 rings (SSSR count). The van der Waals surface area contributed by atoms with Gasteiger partial charge in [0, 0.05) is 36.3 Å². The van der Waals surface area contributed by atoms with Crippen molar-refractivity contribution in [2.24, 2.45) is 0 Å². The summed E-state index contributed by atoms with van der Waals surface area (Å²) in [5, 5.41) is 7.41. The van der Waals surface area contributed by atoms with Crippen LogP contribution in [-0.2, 0) is 12.8 Å². The third kappa shape index (κ3) is 3.58. The molecule has 0 spiro atoms. The van der Waals surface area contributed by atoms with Crippen molar-refractivity contribution < 1.29 is 0 Å². The normalized spacial score (nSPS) is 12.2. The molecular formula is C22H24N6. The van der Waals surface area contributed by atoms with Gasteiger partial charge in [-0.1, -0.05) is 37.3 Å². The Morgan fingerprint density at radius 3 is 2.64 bits per heavy atom. The van der Waals surface area contributed by atoms with Crippen molar-refractivity contribution >= 4 is 0 Å². The molecular weight excluding hydrogens is 348 g/mol. The van der Waals surface area contributed by atoms with E-state index in [0.717, 1.165) is 52.7 Å². The van der Waals surface area contributed by atoms with E-state index in [1.807, 2.05) is 43.7 Å². The molecule has 0 amide bonds. The van der Waals surface area contributed by atoms with Crippen LogP contribution >= 0.6 is 0 Å². The summed E-state index contributed by atoms with van der Waals surface area (Å²) in [5.41, 5.74) is 6.04. The summed E-state index contributed by atoms with van der Waals surface area (Å²) in [6.45, 7) is 6.27. The van der Waals surface area contributed by atoms with E-state index in [-0.39, 0.29) is 6.04 Å². The van der Waals surface area contributed by atoms with Gasteiger partial charge in [-0.15, -0.1) is 0 Å². The first-order valence-corrected chi connectivity index (χ1v) is 9.61. The van der Waals surface area contributed by atoms with E-state index in [9.17, 15) is 0 Å². The van der Waals surface area contributed by atoms with Crippen molar-refractivity contribution in [3.05, 3.63) is 72.2 Å². The predicted octanol–water partition coefficient (Wildman–Crippen LogP) is 4.40. The second-order valence-electron chi connectivity index (χ2n) is 7.02. The van der Waals surface area contributed by atoms with Crippen LogP contribution in [0.2, 0.25) is 0 Å². The third-order valence-corrected chi connectivity index (χ3v) is 4.84. The Labute approximate surface area is 164 Å². The smallest absolute Gasteiger partial charge is 0.128 e. The molecule has 0 aliphatic heterocycles. The van der Waals surface area contributed by atoms with Gasteiger partial charge < -0.3 is 4.57 Å². The van der Waals surface area contributed by atoms with Crippen molar-refractivity contribution in [1.82, 2.24) is 29.7 Å². The maximum Gasteiger partial charge on any atom is 0.128 e. The molecule has 3 aromatic heterocycles. The first-order chi connectivity index (χ1) is 13.7. The van der Waals surface area contributed by atoms with Crippen LogP contribution in [0.25, 0.3) is 22.6 Å². The van der Waals surface area contributed by atoms with Crippen LogP contribution in [-0.4, -0.2) is 29.7 Å².